The number of hydrogen-bond acceptors (Lipinski definition) is 4. The minimum absolute atomic E-state index is 0.0156. The third-order valence-electron chi connectivity index (χ3n) is 6.20. The normalized spacial score (nSPS) is 15.1. The van der Waals surface area contributed by atoms with Gasteiger partial charge in [-0.25, -0.2) is 4.79 Å². The number of carboxylic acid groups (broad SMARTS) is 1. The van der Waals surface area contributed by atoms with Gasteiger partial charge in [0.05, 0.1) is 12.3 Å². The van der Waals surface area contributed by atoms with Crippen molar-refractivity contribution in [3.63, 3.8) is 0 Å². The summed E-state index contributed by atoms with van der Waals surface area (Å²) in [6, 6.07) is 7.54. The Kier molecular flexibility index (Phi) is 6.17. The number of fused-ring (bicyclic) bond motifs is 3. The monoisotopic (exact) mass is 450 g/mol. The SMILES string of the molecule is COCCCOc1cc2c(cc1-c1cc[nH]c1)-c1cc(=O)c(C(=O)O)cn1C(C(C)(C)C)C2. The largest absolute Gasteiger partial charge is 0.493 e. The number of rotatable bonds is 7. The maximum absolute atomic E-state index is 12.6. The minimum atomic E-state index is -1.21. The second kappa shape index (κ2) is 8.90. The highest BCUT2D eigenvalue weighted by atomic mass is 16.5. The summed E-state index contributed by atoms with van der Waals surface area (Å²) < 4.78 is 13.3. The van der Waals surface area contributed by atoms with E-state index in [0.717, 1.165) is 40.1 Å². The number of aromatic carboxylic acids is 1. The fourth-order valence-corrected chi connectivity index (χ4v) is 4.47. The Balaban J connectivity index is 1.90. The standard InChI is InChI=1S/C26H30N2O5/c1-26(2,3)24-11-17-10-23(33-9-5-8-32-4)19(16-6-7-27-14-16)12-18(17)21-13-22(29)20(25(30)31)15-28(21)24/h6-7,10,12-15,24,27H,5,8-9,11H2,1-4H3,(H,30,31). The van der Waals surface area contributed by atoms with Crippen LogP contribution in [0.15, 0.2) is 47.7 Å². The first-order valence-electron chi connectivity index (χ1n) is 11.1. The predicted octanol–water partition coefficient (Wildman–Crippen LogP) is 4.77. The van der Waals surface area contributed by atoms with Gasteiger partial charge < -0.3 is 24.1 Å². The number of ether oxygens (including phenoxy) is 2. The Morgan fingerprint density at radius 3 is 2.64 bits per heavy atom. The Morgan fingerprint density at radius 2 is 2.00 bits per heavy atom. The van der Waals surface area contributed by atoms with Gasteiger partial charge in [0, 0.05) is 67.5 Å². The predicted molar refractivity (Wildman–Crippen MR) is 127 cm³/mol. The maximum atomic E-state index is 12.6. The molecular formula is C26H30N2O5. The van der Waals surface area contributed by atoms with Crippen LogP contribution in [0.2, 0.25) is 0 Å². The molecule has 1 aliphatic heterocycles. The first-order valence-corrected chi connectivity index (χ1v) is 11.1. The Hall–Kier alpha value is -3.32. The van der Waals surface area contributed by atoms with E-state index in [1.807, 2.05) is 23.0 Å². The van der Waals surface area contributed by atoms with Crippen molar-refractivity contribution in [2.45, 2.75) is 39.7 Å². The molecule has 0 spiro atoms. The second-order valence-electron chi connectivity index (χ2n) is 9.53. The number of benzene rings is 1. The number of carbonyl (C=O) groups is 1. The number of H-pyrrole nitrogens is 1. The molecule has 3 aromatic rings. The zero-order valence-corrected chi connectivity index (χ0v) is 19.5. The lowest BCUT2D eigenvalue weighted by Crippen LogP contribution is -2.32. The van der Waals surface area contributed by atoms with Crippen molar-refractivity contribution >= 4 is 5.97 Å². The Bertz CT molecular complexity index is 1220. The number of aromatic amines is 1. The topological polar surface area (TPSA) is 93.6 Å². The summed E-state index contributed by atoms with van der Waals surface area (Å²) in [5, 5.41) is 9.54. The number of nitrogens with zero attached hydrogens (tertiary/aromatic N) is 1. The summed E-state index contributed by atoms with van der Waals surface area (Å²) in [6.07, 6.45) is 6.75. The van der Waals surface area contributed by atoms with Gasteiger partial charge in [0.1, 0.15) is 11.3 Å². The number of pyridine rings is 1. The van der Waals surface area contributed by atoms with E-state index in [-0.39, 0.29) is 17.0 Å². The number of carboxylic acids is 1. The van der Waals surface area contributed by atoms with E-state index >= 15 is 0 Å². The zero-order chi connectivity index (χ0) is 23.8. The van der Waals surface area contributed by atoms with Crippen LogP contribution < -0.4 is 10.2 Å². The van der Waals surface area contributed by atoms with Crippen LogP contribution in [0, 0.1) is 5.41 Å². The molecular weight excluding hydrogens is 420 g/mol. The van der Waals surface area contributed by atoms with E-state index < -0.39 is 11.4 Å². The van der Waals surface area contributed by atoms with Crippen molar-refractivity contribution in [1.82, 2.24) is 9.55 Å². The molecule has 0 saturated heterocycles. The molecule has 4 rings (SSSR count). The quantitative estimate of drug-likeness (QED) is 0.506. The molecule has 3 heterocycles. The number of hydrogen-bond donors (Lipinski definition) is 2. The van der Waals surface area contributed by atoms with E-state index in [4.69, 9.17) is 9.47 Å². The lowest BCUT2D eigenvalue weighted by Gasteiger charge is -2.39. The summed E-state index contributed by atoms with van der Waals surface area (Å²) in [5.74, 6) is -0.420. The van der Waals surface area contributed by atoms with Crippen LogP contribution in [0.5, 0.6) is 5.75 Å². The molecule has 1 aliphatic rings. The fraction of sp³-hybridized carbons (Fsp3) is 0.385. The van der Waals surface area contributed by atoms with Gasteiger partial charge in [0.25, 0.3) is 0 Å². The highest BCUT2D eigenvalue weighted by Crippen LogP contribution is 2.45. The van der Waals surface area contributed by atoms with Crippen LogP contribution >= 0.6 is 0 Å². The molecule has 0 fully saturated rings. The minimum Gasteiger partial charge on any atom is -0.493 e. The van der Waals surface area contributed by atoms with Gasteiger partial charge in [-0.1, -0.05) is 20.8 Å². The van der Waals surface area contributed by atoms with Gasteiger partial charge in [-0.3, -0.25) is 4.79 Å². The zero-order valence-electron chi connectivity index (χ0n) is 19.5. The van der Waals surface area contributed by atoms with Crippen molar-refractivity contribution in [2.75, 3.05) is 20.3 Å². The van der Waals surface area contributed by atoms with E-state index in [2.05, 4.69) is 37.9 Å². The lowest BCUT2D eigenvalue weighted by molar-refractivity contribution is 0.0693. The molecule has 2 N–H and O–H groups in total. The van der Waals surface area contributed by atoms with Gasteiger partial charge >= 0.3 is 5.97 Å². The number of methoxy groups -OCH3 is 1. The van der Waals surface area contributed by atoms with Crippen LogP contribution in [0.4, 0.5) is 0 Å². The van der Waals surface area contributed by atoms with Gasteiger partial charge in [-0.15, -0.1) is 0 Å². The summed E-state index contributed by atoms with van der Waals surface area (Å²) >= 11 is 0. The summed E-state index contributed by atoms with van der Waals surface area (Å²) in [7, 11) is 1.67. The summed E-state index contributed by atoms with van der Waals surface area (Å²) in [6.45, 7) is 7.54. The van der Waals surface area contributed by atoms with E-state index in [9.17, 15) is 14.7 Å². The molecule has 1 atom stereocenters. The Morgan fingerprint density at radius 1 is 1.21 bits per heavy atom. The molecule has 7 heteroatoms. The van der Waals surface area contributed by atoms with Crippen LogP contribution in [-0.4, -0.2) is 41.0 Å². The van der Waals surface area contributed by atoms with Crippen LogP contribution in [0.1, 0.15) is 49.2 Å². The van der Waals surface area contributed by atoms with Gasteiger partial charge in [0.15, 0.2) is 5.43 Å². The smallest absolute Gasteiger partial charge is 0.341 e. The highest BCUT2D eigenvalue weighted by Gasteiger charge is 2.34. The Labute approximate surface area is 193 Å². The molecule has 0 aliphatic carbocycles. The molecule has 0 radical (unpaired) electrons. The van der Waals surface area contributed by atoms with Crippen LogP contribution in [0.3, 0.4) is 0 Å². The van der Waals surface area contributed by atoms with Gasteiger partial charge in [0.2, 0.25) is 0 Å². The van der Waals surface area contributed by atoms with Crippen molar-refractivity contribution in [3.8, 4) is 28.1 Å². The second-order valence-corrected chi connectivity index (χ2v) is 9.53. The molecule has 174 valence electrons. The third kappa shape index (κ3) is 4.46. The van der Waals surface area contributed by atoms with Gasteiger partial charge in [-0.05, 0) is 35.6 Å². The first-order chi connectivity index (χ1) is 15.7. The summed E-state index contributed by atoms with van der Waals surface area (Å²) in [4.78, 5) is 27.4. The fourth-order valence-electron chi connectivity index (χ4n) is 4.47. The highest BCUT2D eigenvalue weighted by molar-refractivity contribution is 5.88. The summed E-state index contributed by atoms with van der Waals surface area (Å²) in [5.41, 5.74) is 3.78. The molecule has 1 aromatic carbocycles. The van der Waals surface area contributed by atoms with Crippen molar-refractivity contribution in [3.05, 3.63) is 64.2 Å². The average molecular weight is 451 g/mol. The molecule has 0 saturated carbocycles. The van der Waals surface area contributed by atoms with Crippen molar-refractivity contribution in [2.24, 2.45) is 5.41 Å². The van der Waals surface area contributed by atoms with E-state index in [0.29, 0.717) is 19.6 Å². The van der Waals surface area contributed by atoms with Crippen LogP contribution in [0.25, 0.3) is 22.4 Å². The van der Waals surface area contributed by atoms with E-state index in [1.54, 1.807) is 7.11 Å². The van der Waals surface area contributed by atoms with Crippen molar-refractivity contribution < 1.29 is 19.4 Å². The third-order valence-corrected chi connectivity index (χ3v) is 6.20. The maximum Gasteiger partial charge on any atom is 0.341 e. The van der Waals surface area contributed by atoms with Gasteiger partial charge in [-0.2, -0.15) is 0 Å². The molecule has 0 amide bonds. The van der Waals surface area contributed by atoms with Crippen molar-refractivity contribution in [1.29, 1.82) is 0 Å². The number of nitrogens with one attached hydrogen (secondary N) is 1. The molecule has 7 nitrogen and oxygen atoms in total. The molecule has 33 heavy (non-hydrogen) atoms. The lowest BCUT2D eigenvalue weighted by atomic mass is 9.78. The first kappa shape index (κ1) is 22.9. The molecule has 2 aromatic heterocycles. The molecule has 0 bridgehead atoms. The number of aromatic nitrogens is 2. The van der Waals surface area contributed by atoms with Crippen LogP contribution in [-0.2, 0) is 11.2 Å². The average Bonchev–Trinajstić information content (AvgIpc) is 3.29. The van der Waals surface area contributed by atoms with E-state index in [1.165, 1.54) is 12.3 Å². The molecule has 1 unspecified atom stereocenters.